The molecule has 2 amide bonds. The average Bonchev–Trinajstić information content (AvgIpc) is 2.69. The molecule has 1 atom stereocenters. The molecule has 1 fully saturated rings. The highest BCUT2D eigenvalue weighted by Gasteiger charge is 2.35. The number of piperidine rings is 1. The van der Waals surface area contributed by atoms with Gasteiger partial charge in [-0.05, 0) is 45.8 Å². The number of hydrogen-bond donors (Lipinski definition) is 2. The lowest BCUT2D eigenvalue weighted by atomic mass is 9.94. The van der Waals surface area contributed by atoms with Crippen molar-refractivity contribution in [1.82, 2.24) is 15.5 Å². The smallest absolute Gasteiger partial charge is 0.338 e. The molecule has 1 aromatic rings. The van der Waals surface area contributed by atoms with Crippen molar-refractivity contribution in [1.29, 1.82) is 0 Å². The van der Waals surface area contributed by atoms with Gasteiger partial charge in [0.15, 0.2) is 0 Å². The van der Waals surface area contributed by atoms with Gasteiger partial charge in [0.1, 0.15) is 5.75 Å². The van der Waals surface area contributed by atoms with Crippen molar-refractivity contribution in [2.24, 2.45) is 0 Å². The summed E-state index contributed by atoms with van der Waals surface area (Å²) in [5, 5.41) is 5.73. The maximum absolute atomic E-state index is 12.9. The van der Waals surface area contributed by atoms with Crippen LogP contribution in [0.25, 0.3) is 0 Å². The lowest BCUT2D eigenvalue weighted by molar-refractivity contribution is -0.139. The van der Waals surface area contributed by atoms with Gasteiger partial charge >= 0.3 is 12.0 Å². The number of ether oxygens (including phenoxy) is 2. The molecule has 2 heterocycles. The summed E-state index contributed by atoms with van der Waals surface area (Å²) in [4.78, 5) is 27.6. The normalized spacial score (nSPS) is 20.4. The summed E-state index contributed by atoms with van der Waals surface area (Å²) in [7, 11) is 0. The Kier molecular flexibility index (Phi) is 6.92. The zero-order valence-electron chi connectivity index (χ0n) is 16.6. The molecule has 0 saturated carbocycles. The largest absolute Gasteiger partial charge is 0.494 e. The number of esters is 1. The van der Waals surface area contributed by atoms with Crippen LogP contribution in [0, 0.1) is 0 Å². The van der Waals surface area contributed by atoms with Gasteiger partial charge in [0.2, 0.25) is 0 Å². The zero-order valence-corrected chi connectivity index (χ0v) is 16.6. The van der Waals surface area contributed by atoms with Crippen LogP contribution in [-0.2, 0) is 9.53 Å². The summed E-state index contributed by atoms with van der Waals surface area (Å²) in [5.41, 5.74) is 1.80. The molecule has 152 valence electrons. The zero-order chi connectivity index (χ0) is 19.9. The Morgan fingerprint density at radius 1 is 1.14 bits per heavy atom. The molecule has 1 aromatic carbocycles. The molecule has 0 unspecified atom stereocenters. The van der Waals surface area contributed by atoms with E-state index in [2.05, 4.69) is 15.5 Å². The molecule has 0 radical (unpaired) electrons. The van der Waals surface area contributed by atoms with Crippen LogP contribution in [0.5, 0.6) is 5.75 Å². The van der Waals surface area contributed by atoms with Crippen molar-refractivity contribution < 1.29 is 19.1 Å². The third kappa shape index (κ3) is 4.65. The molecular formula is C21H29N3O4. The predicted octanol–water partition coefficient (Wildman–Crippen LogP) is 2.74. The number of carbonyl (C=O) groups excluding carboxylic acids is 2. The first-order valence-electron chi connectivity index (χ1n) is 10.1. The molecule has 0 aromatic heterocycles. The maximum Gasteiger partial charge on any atom is 0.338 e. The number of likely N-dealkylation sites (tertiary alicyclic amines) is 1. The molecule has 0 aliphatic carbocycles. The number of para-hydroxylation sites is 1. The number of nitrogens with one attached hydrogen (secondary N) is 2. The molecule has 28 heavy (non-hydrogen) atoms. The molecule has 2 aliphatic rings. The summed E-state index contributed by atoms with van der Waals surface area (Å²) in [6.07, 6.45) is 3.48. The van der Waals surface area contributed by atoms with Crippen LogP contribution in [0.2, 0.25) is 0 Å². The third-order valence-electron chi connectivity index (χ3n) is 5.01. The van der Waals surface area contributed by atoms with E-state index in [0.29, 0.717) is 30.2 Å². The SMILES string of the molecule is CCOC(=O)C1=C(CN2CCCCC2)NC(=O)N[C@H]1c1ccccc1OCC. The van der Waals surface area contributed by atoms with E-state index in [1.807, 2.05) is 31.2 Å². The molecule has 0 bridgehead atoms. The molecule has 3 rings (SSSR count). The minimum absolute atomic E-state index is 0.271. The Hall–Kier alpha value is -2.54. The third-order valence-corrected chi connectivity index (χ3v) is 5.01. The van der Waals surface area contributed by atoms with Gasteiger partial charge in [0, 0.05) is 17.8 Å². The van der Waals surface area contributed by atoms with E-state index in [4.69, 9.17) is 9.47 Å². The summed E-state index contributed by atoms with van der Waals surface area (Å²) >= 11 is 0. The first-order chi connectivity index (χ1) is 13.6. The van der Waals surface area contributed by atoms with Crippen LogP contribution in [0.15, 0.2) is 35.5 Å². The fourth-order valence-electron chi connectivity index (χ4n) is 3.77. The van der Waals surface area contributed by atoms with E-state index in [1.54, 1.807) is 6.92 Å². The number of urea groups is 1. The second-order valence-electron chi connectivity index (χ2n) is 6.95. The highest BCUT2D eigenvalue weighted by atomic mass is 16.5. The van der Waals surface area contributed by atoms with Crippen molar-refractivity contribution in [2.45, 2.75) is 39.2 Å². The minimum atomic E-state index is -0.615. The number of amides is 2. The van der Waals surface area contributed by atoms with Gasteiger partial charge in [-0.3, -0.25) is 4.90 Å². The van der Waals surface area contributed by atoms with Crippen LogP contribution in [0.1, 0.15) is 44.7 Å². The van der Waals surface area contributed by atoms with E-state index in [9.17, 15) is 9.59 Å². The van der Waals surface area contributed by atoms with Crippen LogP contribution in [0.3, 0.4) is 0 Å². The minimum Gasteiger partial charge on any atom is -0.494 e. The Labute approximate surface area is 166 Å². The summed E-state index contributed by atoms with van der Waals surface area (Å²) in [5.74, 6) is 0.231. The van der Waals surface area contributed by atoms with Crippen molar-refractivity contribution in [3.63, 3.8) is 0 Å². The number of benzene rings is 1. The van der Waals surface area contributed by atoms with Gasteiger partial charge in [-0.15, -0.1) is 0 Å². The molecule has 0 spiro atoms. The van der Waals surface area contributed by atoms with E-state index >= 15 is 0 Å². The molecule has 7 heteroatoms. The second kappa shape index (κ2) is 9.59. The fourth-order valence-corrected chi connectivity index (χ4v) is 3.77. The molecule has 1 saturated heterocycles. The van der Waals surface area contributed by atoms with Gasteiger partial charge in [-0.25, -0.2) is 9.59 Å². The number of nitrogens with zero attached hydrogens (tertiary/aromatic N) is 1. The Balaban J connectivity index is 2.01. The predicted molar refractivity (Wildman–Crippen MR) is 106 cm³/mol. The van der Waals surface area contributed by atoms with Gasteiger partial charge in [0.25, 0.3) is 0 Å². The maximum atomic E-state index is 12.9. The summed E-state index contributed by atoms with van der Waals surface area (Å²) in [6, 6.07) is 6.53. The van der Waals surface area contributed by atoms with Gasteiger partial charge < -0.3 is 20.1 Å². The highest BCUT2D eigenvalue weighted by molar-refractivity contribution is 5.95. The molecule has 2 aliphatic heterocycles. The van der Waals surface area contributed by atoms with E-state index in [-0.39, 0.29) is 12.6 Å². The molecular weight excluding hydrogens is 358 g/mol. The van der Waals surface area contributed by atoms with Crippen molar-refractivity contribution in [3.8, 4) is 5.75 Å². The van der Waals surface area contributed by atoms with E-state index in [0.717, 1.165) is 31.5 Å². The lowest BCUT2D eigenvalue weighted by Gasteiger charge is -2.33. The van der Waals surface area contributed by atoms with Crippen LogP contribution < -0.4 is 15.4 Å². The number of hydrogen-bond acceptors (Lipinski definition) is 5. The summed E-state index contributed by atoms with van der Waals surface area (Å²) in [6.45, 7) is 6.89. The lowest BCUT2D eigenvalue weighted by Crippen LogP contribution is -2.49. The van der Waals surface area contributed by atoms with Gasteiger partial charge in [0.05, 0.1) is 24.8 Å². The fraction of sp³-hybridized carbons (Fsp3) is 0.524. The van der Waals surface area contributed by atoms with Crippen molar-refractivity contribution in [3.05, 3.63) is 41.1 Å². The van der Waals surface area contributed by atoms with Gasteiger partial charge in [-0.1, -0.05) is 24.6 Å². The van der Waals surface area contributed by atoms with Crippen molar-refractivity contribution in [2.75, 3.05) is 32.8 Å². The van der Waals surface area contributed by atoms with Crippen LogP contribution >= 0.6 is 0 Å². The highest BCUT2D eigenvalue weighted by Crippen LogP contribution is 2.34. The first-order valence-corrected chi connectivity index (χ1v) is 10.1. The first kappa shape index (κ1) is 20.2. The Morgan fingerprint density at radius 2 is 1.89 bits per heavy atom. The standard InChI is InChI=1S/C21H29N3O4/c1-3-27-17-11-7-6-10-15(17)19-18(20(25)28-4-2)16(22-21(26)23-19)14-24-12-8-5-9-13-24/h6-7,10-11,19H,3-5,8-9,12-14H2,1-2H3,(H2,22,23,26)/t19-/m0/s1. The van der Waals surface area contributed by atoms with Gasteiger partial charge in [-0.2, -0.15) is 0 Å². The topological polar surface area (TPSA) is 79.9 Å². The monoisotopic (exact) mass is 387 g/mol. The van der Waals surface area contributed by atoms with E-state index in [1.165, 1.54) is 6.42 Å². The van der Waals surface area contributed by atoms with Crippen LogP contribution in [-0.4, -0.2) is 49.7 Å². The van der Waals surface area contributed by atoms with Crippen molar-refractivity contribution >= 4 is 12.0 Å². The average molecular weight is 387 g/mol. The number of rotatable bonds is 7. The molecule has 7 nitrogen and oxygen atoms in total. The quantitative estimate of drug-likeness (QED) is 0.704. The Bertz CT molecular complexity index is 741. The van der Waals surface area contributed by atoms with E-state index < -0.39 is 12.0 Å². The number of carbonyl (C=O) groups is 2. The Morgan fingerprint density at radius 3 is 2.61 bits per heavy atom. The molecule has 2 N–H and O–H groups in total. The van der Waals surface area contributed by atoms with Crippen LogP contribution in [0.4, 0.5) is 4.79 Å². The summed E-state index contributed by atoms with van der Waals surface area (Å²) < 4.78 is 11.1. The second-order valence-corrected chi connectivity index (χ2v) is 6.95.